The van der Waals surface area contributed by atoms with Crippen LogP contribution in [0.4, 0.5) is 14.6 Å². The van der Waals surface area contributed by atoms with Crippen LogP contribution in [0.2, 0.25) is 5.28 Å². The van der Waals surface area contributed by atoms with E-state index >= 15 is 0 Å². The van der Waals surface area contributed by atoms with E-state index in [-0.39, 0.29) is 5.28 Å². The van der Waals surface area contributed by atoms with E-state index in [4.69, 9.17) is 11.6 Å². The second-order valence-electron chi connectivity index (χ2n) is 3.79. The lowest BCUT2D eigenvalue weighted by Crippen LogP contribution is -2.07. The standard InChI is InChI=1S/C12H9BrClF2N3/c13-10-6-18-12(14)19-11(10)17-2-1-7-3-8(15)5-9(16)4-7/h3-6H,1-2H2,(H,17,18,19). The Kier molecular flexibility index (Phi) is 4.66. The molecule has 2 aromatic rings. The number of halogens is 4. The molecule has 0 unspecified atom stereocenters. The summed E-state index contributed by atoms with van der Waals surface area (Å²) < 4.78 is 26.6. The minimum atomic E-state index is -0.582. The molecule has 1 heterocycles. The molecule has 1 N–H and O–H groups in total. The van der Waals surface area contributed by atoms with Gasteiger partial charge in [-0.05, 0) is 51.6 Å². The number of rotatable bonds is 4. The van der Waals surface area contributed by atoms with E-state index in [1.807, 2.05) is 0 Å². The fraction of sp³-hybridized carbons (Fsp3) is 0.167. The zero-order chi connectivity index (χ0) is 13.8. The van der Waals surface area contributed by atoms with E-state index in [2.05, 4.69) is 31.2 Å². The summed E-state index contributed by atoms with van der Waals surface area (Å²) in [5, 5.41) is 3.14. The smallest absolute Gasteiger partial charge is 0.224 e. The number of nitrogens with one attached hydrogen (secondary N) is 1. The van der Waals surface area contributed by atoms with Gasteiger partial charge in [-0.2, -0.15) is 4.98 Å². The van der Waals surface area contributed by atoms with Crippen molar-refractivity contribution >= 4 is 33.3 Å². The van der Waals surface area contributed by atoms with Gasteiger partial charge in [0.2, 0.25) is 5.28 Å². The number of hydrogen-bond acceptors (Lipinski definition) is 3. The van der Waals surface area contributed by atoms with Crippen molar-refractivity contribution in [1.29, 1.82) is 0 Å². The van der Waals surface area contributed by atoms with Gasteiger partial charge in [-0.3, -0.25) is 0 Å². The van der Waals surface area contributed by atoms with Crippen molar-refractivity contribution < 1.29 is 8.78 Å². The SMILES string of the molecule is Fc1cc(F)cc(CCNc2nc(Cl)ncc2Br)c1. The molecule has 0 bridgehead atoms. The maximum Gasteiger partial charge on any atom is 0.224 e. The maximum atomic E-state index is 13.0. The summed E-state index contributed by atoms with van der Waals surface area (Å²) in [5.74, 6) is -0.626. The summed E-state index contributed by atoms with van der Waals surface area (Å²) in [5.41, 5.74) is 0.571. The Bertz CT molecular complexity index is 575. The fourth-order valence-electron chi connectivity index (χ4n) is 1.55. The Morgan fingerprint density at radius 3 is 2.58 bits per heavy atom. The van der Waals surface area contributed by atoms with E-state index in [1.54, 1.807) is 0 Å². The van der Waals surface area contributed by atoms with Gasteiger partial charge in [-0.25, -0.2) is 13.8 Å². The maximum absolute atomic E-state index is 13.0. The third-order valence-electron chi connectivity index (χ3n) is 2.34. The third kappa shape index (κ3) is 4.11. The van der Waals surface area contributed by atoms with Crippen LogP contribution >= 0.6 is 27.5 Å². The van der Waals surface area contributed by atoms with Crippen LogP contribution in [0.15, 0.2) is 28.9 Å². The topological polar surface area (TPSA) is 37.8 Å². The van der Waals surface area contributed by atoms with Crippen LogP contribution in [0.25, 0.3) is 0 Å². The number of hydrogen-bond donors (Lipinski definition) is 1. The normalized spacial score (nSPS) is 10.5. The number of benzene rings is 1. The van der Waals surface area contributed by atoms with Gasteiger partial charge in [-0.1, -0.05) is 0 Å². The molecule has 0 aliphatic rings. The predicted molar refractivity (Wildman–Crippen MR) is 73.3 cm³/mol. The number of nitrogens with zero attached hydrogens (tertiary/aromatic N) is 2. The highest BCUT2D eigenvalue weighted by Gasteiger charge is 2.04. The van der Waals surface area contributed by atoms with Crippen LogP contribution in [-0.4, -0.2) is 16.5 Å². The highest BCUT2D eigenvalue weighted by atomic mass is 79.9. The lowest BCUT2D eigenvalue weighted by Gasteiger charge is -2.07. The van der Waals surface area contributed by atoms with E-state index in [9.17, 15) is 8.78 Å². The second-order valence-corrected chi connectivity index (χ2v) is 4.98. The van der Waals surface area contributed by atoms with Crippen LogP contribution < -0.4 is 5.32 Å². The average molecular weight is 349 g/mol. The molecule has 1 aromatic carbocycles. The molecule has 0 saturated carbocycles. The monoisotopic (exact) mass is 347 g/mol. The van der Waals surface area contributed by atoms with Crippen molar-refractivity contribution in [3.05, 3.63) is 51.4 Å². The highest BCUT2D eigenvalue weighted by molar-refractivity contribution is 9.10. The van der Waals surface area contributed by atoms with Crippen molar-refractivity contribution in [2.45, 2.75) is 6.42 Å². The van der Waals surface area contributed by atoms with Crippen molar-refractivity contribution in [1.82, 2.24) is 9.97 Å². The largest absolute Gasteiger partial charge is 0.369 e. The quantitative estimate of drug-likeness (QED) is 0.854. The van der Waals surface area contributed by atoms with Gasteiger partial charge in [0.05, 0.1) is 4.47 Å². The van der Waals surface area contributed by atoms with E-state index < -0.39 is 11.6 Å². The first-order valence-corrected chi connectivity index (χ1v) is 6.58. The Morgan fingerprint density at radius 2 is 1.89 bits per heavy atom. The molecule has 19 heavy (non-hydrogen) atoms. The molecular weight excluding hydrogens is 340 g/mol. The van der Waals surface area contributed by atoms with Gasteiger partial charge < -0.3 is 5.32 Å². The fourth-order valence-corrected chi connectivity index (χ4v) is 2.01. The predicted octanol–water partition coefficient (Wildman–Crippen LogP) is 3.83. The van der Waals surface area contributed by atoms with Crippen LogP contribution in [-0.2, 0) is 6.42 Å². The molecule has 0 aliphatic carbocycles. The number of anilines is 1. The van der Waals surface area contributed by atoms with Gasteiger partial charge in [0.1, 0.15) is 17.5 Å². The zero-order valence-corrected chi connectivity index (χ0v) is 12.0. The Hall–Kier alpha value is -1.27. The van der Waals surface area contributed by atoms with Crippen molar-refractivity contribution in [2.75, 3.05) is 11.9 Å². The summed E-state index contributed by atoms with van der Waals surface area (Å²) in [6.07, 6.45) is 1.99. The molecule has 3 nitrogen and oxygen atoms in total. The Labute approximate surface area is 122 Å². The summed E-state index contributed by atoms with van der Waals surface area (Å²) in [6, 6.07) is 3.44. The van der Waals surface area contributed by atoms with Gasteiger partial charge >= 0.3 is 0 Å². The van der Waals surface area contributed by atoms with E-state index in [1.165, 1.54) is 18.3 Å². The molecule has 7 heteroatoms. The summed E-state index contributed by atoms with van der Waals surface area (Å²) in [4.78, 5) is 7.78. The molecule has 1 aromatic heterocycles. The Balaban J connectivity index is 1.98. The molecule has 0 atom stereocenters. The van der Waals surface area contributed by atoms with E-state index in [0.29, 0.717) is 28.8 Å². The minimum Gasteiger partial charge on any atom is -0.369 e. The molecule has 100 valence electrons. The number of aromatic nitrogens is 2. The second kappa shape index (κ2) is 6.25. The van der Waals surface area contributed by atoms with Gasteiger partial charge in [0, 0.05) is 18.8 Å². The molecule has 0 spiro atoms. The van der Waals surface area contributed by atoms with Gasteiger partial charge in [0.25, 0.3) is 0 Å². The molecule has 0 amide bonds. The highest BCUT2D eigenvalue weighted by Crippen LogP contribution is 2.20. The molecule has 0 fully saturated rings. The first-order valence-electron chi connectivity index (χ1n) is 5.41. The van der Waals surface area contributed by atoms with E-state index in [0.717, 1.165) is 6.07 Å². The Morgan fingerprint density at radius 1 is 1.21 bits per heavy atom. The molecular formula is C12H9BrClF2N3. The molecule has 0 radical (unpaired) electrons. The molecule has 0 aliphatic heterocycles. The molecule has 0 saturated heterocycles. The summed E-state index contributed by atoms with van der Waals surface area (Å²) in [6.45, 7) is 0.467. The lowest BCUT2D eigenvalue weighted by molar-refractivity contribution is 0.580. The van der Waals surface area contributed by atoms with Crippen LogP contribution in [0.3, 0.4) is 0 Å². The summed E-state index contributed by atoms with van der Waals surface area (Å²) in [7, 11) is 0. The van der Waals surface area contributed by atoms with Crippen LogP contribution in [0, 0.1) is 11.6 Å². The lowest BCUT2D eigenvalue weighted by atomic mass is 10.1. The van der Waals surface area contributed by atoms with Crippen molar-refractivity contribution in [3.8, 4) is 0 Å². The summed E-state index contributed by atoms with van der Waals surface area (Å²) >= 11 is 8.95. The zero-order valence-electron chi connectivity index (χ0n) is 9.63. The first-order chi connectivity index (χ1) is 9.04. The molecule has 2 rings (SSSR count). The van der Waals surface area contributed by atoms with Gasteiger partial charge in [0.15, 0.2) is 0 Å². The van der Waals surface area contributed by atoms with Crippen molar-refractivity contribution in [2.24, 2.45) is 0 Å². The van der Waals surface area contributed by atoms with Crippen LogP contribution in [0.1, 0.15) is 5.56 Å². The van der Waals surface area contributed by atoms with Crippen molar-refractivity contribution in [3.63, 3.8) is 0 Å². The first kappa shape index (κ1) is 14.1. The van der Waals surface area contributed by atoms with Gasteiger partial charge in [-0.15, -0.1) is 0 Å². The average Bonchev–Trinajstić information content (AvgIpc) is 2.32. The van der Waals surface area contributed by atoms with Crippen LogP contribution in [0.5, 0.6) is 0 Å². The minimum absolute atomic E-state index is 0.127. The third-order valence-corrected chi connectivity index (χ3v) is 3.11.